The number of nitrogens with one attached hydrogen (secondary N) is 1. The summed E-state index contributed by atoms with van der Waals surface area (Å²) in [4.78, 5) is 22.1. The minimum atomic E-state index is -0.495. The summed E-state index contributed by atoms with van der Waals surface area (Å²) in [5.74, 6) is 0.850. The van der Waals surface area contributed by atoms with Crippen LogP contribution in [0.15, 0.2) is 28.6 Å². The number of rotatable bonds is 9. The molecule has 1 N–H and O–H groups in total. The molecule has 0 saturated heterocycles. The maximum Gasteiger partial charge on any atom is 0.269 e. The Bertz CT molecular complexity index is 673. The fraction of sp³-hybridized carbons (Fsp3) is 0.357. The summed E-state index contributed by atoms with van der Waals surface area (Å²) in [5.41, 5.74) is 0.387. The van der Waals surface area contributed by atoms with Gasteiger partial charge in [0.2, 0.25) is 5.13 Å². The molecular weight excluding hydrogens is 336 g/mol. The zero-order valence-electron chi connectivity index (χ0n) is 12.5. The highest BCUT2D eigenvalue weighted by Gasteiger charge is 2.11. The van der Waals surface area contributed by atoms with E-state index in [4.69, 9.17) is 0 Å². The van der Waals surface area contributed by atoms with E-state index in [1.165, 1.54) is 35.6 Å². The predicted molar refractivity (Wildman–Crippen MR) is 91.5 cm³/mol. The Hall–Kier alpha value is -2.00. The van der Waals surface area contributed by atoms with Gasteiger partial charge in [-0.3, -0.25) is 14.9 Å². The average Bonchev–Trinajstić information content (AvgIpc) is 3.01. The van der Waals surface area contributed by atoms with Crippen molar-refractivity contribution in [2.24, 2.45) is 0 Å². The molecule has 9 heteroatoms. The molecule has 2 aromatic rings. The normalized spacial score (nSPS) is 10.5. The number of carbonyl (C=O) groups is 1. The SMILES string of the molecule is CCCCSc1nnc(NCC(=O)c2ccc([N+](=O)[O-])cc2)s1. The quantitative estimate of drug-likeness (QED) is 0.242. The number of hydrogen-bond donors (Lipinski definition) is 1. The average molecular weight is 352 g/mol. The lowest BCUT2D eigenvalue weighted by Crippen LogP contribution is -2.13. The van der Waals surface area contributed by atoms with Crippen LogP contribution in [0.25, 0.3) is 0 Å². The summed E-state index contributed by atoms with van der Waals surface area (Å²) in [6.07, 6.45) is 2.27. The van der Waals surface area contributed by atoms with Crippen molar-refractivity contribution in [3.63, 3.8) is 0 Å². The van der Waals surface area contributed by atoms with Crippen LogP contribution in [0.2, 0.25) is 0 Å². The third-order valence-electron chi connectivity index (χ3n) is 2.93. The van der Waals surface area contributed by atoms with Gasteiger partial charge < -0.3 is 5.32 Å². The number of anilines is 1. The number of benzene rings is 1. The second kappa shape index (κ2) is 8.59. The maximum absolute atomic E-state index is 12.0. The van der Waals surface area contributed by atoms with Gasteiger partial charge >= 0.3 is 0 Å². The van der Waals surface area contributed by atoms with Crippen molar-refractivity contribution >= 4 is 39.7 Å². The third kappa shape index (κ3) is 5.29. The molecule has 23 heavy (non-hydrogen) atoms. The lowest BCUT2D eigenvalue weighted by atomic mass is 10.1. The first-order valence-corrected chi connectivity index (χ1v) is 8.88. The molecule has 0 fully saturated rings. The number of non-ortho nitro benzene ring substituents is 1. The molecule has 122 valence electrons. The number of unbranched alkanes of at least 4 members (excludes halogenated alkanes) is 1. The third-order valence-corrected chi connectivity index (χ3v) is 5.03. The van der Waals surface area contributed by atoms with Gasteiger partial charge in [0.15, 0.2) is 10.1 Å². The standard InChI is InChI=1S/C14H16N4O3S2/c1-2-3-8-22-14-17-16-13(23-14)15-9-12(19)10-4-6-11(7-5-10)18(20)21/h4-7H,2-3,8-9H2,1H3,(H,15,16). The molecule has 0 saturated carbocycles. The fourth-order valence-corrected chi connectivity index (χ4v) is 3.57. The summed E-state index contributed by atoms with van der Waals surface area (Å²) < 4.78 is 0.878. The summed E-state index contributed by atoms with van der Waals surface area (Å²) in [7, 11) is 0. The zero-order chi connectivity index (χ0) is 16.7. The van der Waals surface area contributed by atoms with Crippen LogP contribution in [0.4, 0.5) is 10.8 Å². The van der Waals surface area contributed by atoms with Crippen LogP contribution in [0, 0.1) is 10.1 Å². The van der Waals surface area contributed by atoms with Gasteiger partial charge in [-0.2, -0.15) is 0 Å². The first kappa shape index (κ1) is 17.4. The topological polar surface area (TPSA) is 98.0 Å². The number of nitro groups is 1. The van der Waals surface area contributed by atoms with Gasteiger partial charge in [-0.1, -0.05) is 36.4 Å². The molecule has 0 radical (unpaired) electrons. The summed E-state index contributed by atoms with van der Waals surface area (Å²) in [6.45, 7) is 2.21. The zero-order valence-corrected chi connectivity index (χ0v) is 14.2. The second-order valence-corrected chi connectivity index (χ2v) is 6.98. The molecule has 1 aromatic carbocycles. The van der Waals surface area contributed by atoms with E-state index in [2.05, 4.69) is 22.4 Å². The number of Topliss-reactive ketones (excluding diaryl/α,β-unsaturated/α-hetero) is 1. The van der Waals surface area contributed by atoms with Crippen molar-refractivity contribution in [3.05, 3.63) is 39.9 Å². The van der Waals surface area contributed by atoms with Crippen LogP contribution >= 0.6 is 23.1 Å². The molecule has 0 aliphatic carbocycles. The van der Waals surface area contributed by atoms with E-state index in [0.717, 1.165) is 22.9 Å². The van der Waals surface area contributed by atoms with Crippen LogP contribution in [0.3, 0.4) is 0 Å². The fourth-order valence-electron chi connectivity index (χ4n) is 1.67. The molecule has 7 nitrogen and oxygen atoms in total. The van der Waals surface area contributed by atoms with Gasteiger partial charge in [0.25, 0.3) is 5.69 Å². The Kier molecular flexibility index (Phi) is 6.48. The van der Waals surface area contributed by atoms with Gasteiger partial charge in [-0.15, -0.1) is 10.2 Å². The molecule has 0 atom stereocenters. The lowest BCUT2D eigenvalue weighted by Gasteiger charge is -2.01. The Balaban J connectivity index is 1.85. The molecule has 0 amide bonds. The van der Waals surface area contributed by atoms with Gasteiger partial charge in [-0.25, -0.2) is 0 Å². The van der Waals surface area contributed by atoms with Crippen molar-refractivity contribution < 1.29 is 9.72 Å². The van der Waals surface area contributed by atoms with Gasteiger partial charge in [0.1, 0.15) is 0 Å². The van der Waals surface area contributed by atoms with Crippen LogP contribution in [0.5, 0.6) is 0 Å². The van der Waals surface area contributed by atoms with E-state index in [0.29, 0.717) is 10.7 Å². The molecule has 0 unspecified atom stereocenters. The number of thioether (sulfide) groups is 1. The minimum Gasteiger partial charge on any atom is -0.353 e. The Morgan fingerprint density at radius 1 is 1.35 bits per heavy atom. The predicted octanol–water partition coefficient (Wildman–Crippen LogP) is 3.63. The van der Waals surface area contributed by atoms with Gasteiger partial charge in [0.05, 0.1) is 11.5 Å². The number of nitrogens with zero attached hydrogens (tertiary/aromatic N) is 3. The number of ketones is 1. The molecule has 1 heterocycles. The highest BCUT2D eigenvalue weighted by molar-refractivity contribution is 8.01. The van der Waals surface area contributed by atoms with E-state index in [1.807, 2.05) is 0 Å². The Morgan fingerprint density at radius 3 is 2.74 bits per heavy atom. The molecule has 0 spiro atoms. The van der Waals surface area contributed by atoms with Gasteiger partial charge in [0, 0.05) is 23.4 Å². The lowest BCUT2D eigenvalue weighted by molar-refractivity contribution is -0.384. The molecule has 0 bridgehead atoms. The van der Waals surface area contributed by atoms with Crippen LogP contribution in [-0.4, -0.2) is 33.2 Å². The molecule has 1 aromatic heterocycles. The van der Waals surface area contributed by atoms with E-state index < -0.39 is 4.92 Å². The molecule has 2 rings (SSSR count). The summed E-state index contributed by atoms with van der Waals surface area (Å²) in [5, 5.41) is 22.2. The van der Waals surface area contributed by atoms with Crippen LogP contribution < -0.4 is 5.32 Å². The van der Waals surface area contributed by atoms with E-state index >= 15 is 0 Å². The highest BCUT2D eigenvalue weighted by Crippen LogP contribution is 2.26. The van der Waals surface area contributed by atoms with E-state index in [9.17, 15) is 14.9 Å². The Labute approximate surface area is 141 Å². The second-order valence-electron chi connectivity index (χ2n) is 4.66. The summed E-state index contributed by atoms with van der Waals surface area (Å²) in [6, 6.07) is 5.55. The van der Waals surface area contributed by atoms with Crippen molar-refractivity contribution in [2.75, 3.05) is 17.6 Å². The van der Waals surface area contributed by atoms with Crippen LogP contribution in [-0.2, 0) is 0 Å². The molecule has 0 aliphatic rings. The first-order chi connectivity index (χ1) is 11.1. The first-order valence-electron chi connectivity index (χ1n) is 7.08. The largest absolute Gasteiger partial charge is 0.353 e. The number of aromatic nitrogens is 2. The molecular formula is C14H16N4O3S2. The highest BCUT2D eigenvalue weighted by atomic mass is 32.2. The van der Waals surface area contributed by atoms with Crippen molar-refractivity contribution in [1.29, 1.82) is 0 Å². The summed E-state index contributed by atoms with van der Waals surface area (Å²) >= 11 is 3.07. The van der Waals surface area contributed by atoms with Crippen molar-refractivity contribution in [1.82, 2.24) is 10.2 Å². The van der Waals surface area contributed by atoms with Crippen molar-refractivity contribution in [3.8, 4) is 0 Å². The van der Waals surface area contributed by atoms with E-state index in [1.54, 1.807) is 11.8 Å². The number of nitro benzene ring substituents is 1. The maximum atomic E-state index is 12.0. The minimum absolute atomic E-state index is 0.0348. The van der Waals surface area contributed by atoms with Gasteiger partial charge in [-0.05, 0) is 18.6 Å². The monoisotopic (exact) mass is 352 g/mol. The number of carbonyl (C=O) groups excluding carboxylic acids is 1. The van der Waals surface area contributed by atoms with E-state index in [-0.39, 0.29) is 18.0 Å². The van der Waals surface area contributed by atoms with Crippen LogP contribution in [0.1, 0.15) is 30.1 Å². The number of hydrogen-bond acceptors (Lipinski definition) is 8. The molecule has 0 aliphatic heterocycles. The van der Waals surface area contributed by atoms with Crippen molar-refractivity contribution in [2.45, 2.75) is 24.1 Å². The smallest absolute Gasteiger partial charge is 0.269 e. The Morgan fingerprint density at radius 2 is 2.09 bits per heavy atom.